The Balaban J connectivity index is 1.75. The molecule has 1 aliphatic heterocycles. The van der Waals surface area contributed by atoms with Gasteiger partial charge in [-0.05, 0) is 28.8 Å². The van der Waals surface area contributed by atoms with Crippen molar-refractivity contribution in [2.75, 3.05) is 13.1 Å². The molecule has 0 N–H and O–H groups in total. The van der Waals surface area contributed by atoms with Crippen LogP contribution in [0.2, 0.25) is 0 Å². The van der Waals surface area contributed by atoms with Crippen LogP contribution < -0.4 is 0 Å². The number of piperidine rings is 1. The van der Waals surface area contributed by atoms with Crippen molar-refractivity contribution in [3.05, 3.63) is 33.5 Å². The van der Waals surface area contributed by atoms with E-state index in [1.165, 1.54) is 17.7 Å². The van der Waals surface area contributed by atoms with E-state index in [9.17, 15) is 4.79 Å². The average Bonchev–Trinajstić information content (AvgIpc) is 3.09. The lowest BCUT2D eigenvalue weighted by Crippen LogP contribution is -2.40. The Labute approximate surface area is 123 Å². The molecule has 1 atom stereocenters. The first-order valence-corrected chi connectivity index (χ1v) is 7.84. The Kier molecular flexibility index (Phi) is 3.65. The van der Waals surface area contributed by atoms with E-state index in [1.807, 2.05) is 20.3 Å². The molecule has 2 aromatic rings. The fourth-order valence-electron chi connectivity index (χ4n) is 2.37. The summed E-state index contributed by atoms with van der Waals surface area (Å²) in [6.07, 6.45) is 5.30. The molecule has 100 valence electrons. The Bertz CT molecular complexity index is 568. The number of carbonyl (C=O) groups excluding carboxylic acids is 1. The summed E-state index contributed by atoms with van der Waals surface area (Å²) >= 11 is 4.96. The van der Waals surface area contributed by atoms with Crippen LogP contribution in [-0.4, -0.2) is 38.7 Å². The fourth-order valence-corrected chi connectivity index (χ4v) is 3.80. The minimum Gasteiger partial charge on any atom is -0.336 e. The van der Waals surface area contributed by atoms with Crippen LogP contribution in [0.5, 0.6) is 0 Å². The maximum absolute atomic E-state index is 12.5. The van der Waals surface area contributed by atoms with Crippen LogP contribution in [0, 0.1) is 0 Å². The molecule has 2 aromatic heterocycles. The summed E-state index contributed by atoms with van der Waals surface area (Å²) in [5.74, 6) is 0.0953. The first-order chi connectivity index (χ1) is 9.25. The summed E-state index contributed by atoms with van der Waals surface area (Å²) in [6.45, 7) is 1.51. The highest BCUT2D eigenvalue weighted by atomic mass is 79.9. The van der Waals surface area contributed by atoms with Crippen LogP contribution in [0.1, 0.15) is 29.2 Å². The van der Waals surface area contributed by atoms with Crippen molar-refractivity contribution in [2.45, 2.75) is 18.9 Å². The second-order valence-corrected chi connectivity index (χ2v) is 6.15. The lowest BCUT2D eigenvalue weighted by atomic mass is 10.1. The molecule has 3 heterocycles. The zero-order chi connectivity index (χ0) is 13.2. The zero-order valence-corrected chi connectivity index (χ0v) is 12.6. The average molecular weight is 341 g/mol. The maximum Gasteiger partial charge on any atom is 0.255 e. The summed E-state index contributed by atoms with van der Waals surface area (Å²) in [5, 5.41) is 8.01. The van der Waals surface area contributed by atoms with Crippen molar-refractivity contribution < 1.29 is 4.79 Å². The molecular formula is C12H13BrN4OS. The van der Waals surface area contributed by atoms with Gasteiger partial charge in [0.25, 0.3) is 5.91 Å². The standard InChI is InChI=1S/C12H13BrN4OS/c13-11-6-19-5-10(11)12(18)16-3-1-2-9(4-16)17-8-14-7-15-17/h5-9H,1-4H2. The second kappa shape index (κ2) is 5.42. The van der Waals surface area contributed by atoms with Crippen LogP contribution in [0.4, 0.5) is 0 Å². The van der Waals surface area contributed by atoms with Gasteiger partial charge in [0.1, 0.15) is 12.7 Å². The van der Waals surface area contributed by atoms with Gasteiger partial charge in [-0.15, -0.1) is 0 Å². The summed E-state index contributed by atoms with van der Waals surface area (Å²) in [6, 6.07) is 0.234. The number of hydrogen-bond donors (Lipinski definition) is 0. The molecule has 0 saturated carbocycles. The number of likely N-dealkylation sites (tertiary alicyclic amines) is 1. The van der Waals surface area contributed by atoms with Gasteiger partial charge in [-0.2, -0.15) is 16.4 Å². The third-order valence-corrected chi connectivity index (χ3v) is 5.04. The van der Waals surface area contributed by atoms with Crippen molar-refractivity contribution >= 4 is 33.2 Å². The minimum absolute atomic E-state index is 0.0953. The van der Waals surface area contributed by atoms with Gasteiger partial charge in [0.2, 0.25) is 0 Å². The molecule has 0 bridgehead atoms. The number of carbonyl (C=O) groups is 1. The molecular weight excluding hydrogens is 328 g/mol. The number of hydrogen-bond acceptors (Lipinski definition) is 4. The van der Waals surface area contributed by atoms with Gasteiger partial charge in [-0.3, -0.25) is 4.79 Å². The summed E-state index contributed by atoms with van der Waals surface area (Å²) in [4.78, 5) is 18.3. The van der Waals surface area contributed by atoms with E-state index >= 15 is 0 Å². The van der Waals surface area contributed by atoms with Crippen molar-refractivity contribution in [3.63, 3.8) is 0 Å². The number of thiophene rings is 1. The second-order valence-electron chi connectivity index (χ2n) is 4.56. The molecule has 0 radical (unpaired) electrons. The highest BCUT2D eigenvalue weighted by Crippen LogP contribution is 2.26. The topological polar surface area (TPSA) is 51.0 Å². The highest BCUT2D eigenvalue weighted by Gasteiger charge is 2.27. The quantitative estimate of drug-likeness (QED) is 0.844. The van der Waals surface area contributed by atoms with E-state index < -0.39 is 0 Å². The van der Waals surface area contributed by atoms with Gasteiger partial charge in [-0.25, -0.2) is 9.67 Å². The molecule has 1 unspecified atom stereocenters. The predicted molar refractivity (Wildman–Crippen MR) is 76.2 cm³/mol. The molecule has 1 aliphatic rings. The van der Waals surface area contributed by atoms with Crippen LogP contribution in [0.15, 0.2) is 27.9 Å². The lowest BCUT2D eigenvalue weighted by Gasteiger charge is -2.32. The molecule has 19 heavy (non-hydrogen) atoms. The number of amides is 1. The molecule has 7 heteroatoms. The molecule has 3 rings (SSSR count). The van der Waals surface area contributed by atoms with Gasteiger partial charge in [0.15, 0.2) is 0 Å². The number of rotatable bonds is 2. The monoisotopic (exact) mass is 340 g/mol. The molecule has 1 saturated heterocycles. The first kappa shape index (κ1) is 12.8. The van der Waals surface area contributed by atoms with E-state index in [2.05, 4.69) is 26.0 Å². The Morgan fingerprint density at radius 2 is 2.37 bits per heavy atom. The van der Waals surface area contributed by atoms with E-state index in [0.717, 1.165) is 29.4 Å². The largest absolute Gasteiger partial charge is 0.336 e. The number of nitrogens with zero attached hydrogens (tertiary/aromatic N) is 4. The number of aromatic nitrogens is 3. The first-order valence-electron chi connectivity index (χ1n) is 6.11. The zero-order valence-electron chi connectivity index (χ0n) is 10.2. The summed E-state index contributed by atoms with van der Waals surface area (Å²) in [5.41, 5.74) is 0.754. The Morgan fingerprint density at radius 1 is 1.47 bits per heavy atom. The third-order valence-electron chi connectivity index (χ3n) is 3.34. The summed E-state index contributed by atoms with van der Waals surface area (Å²) < 4.78 is 2.73. The van der Waals surface area contributed by atoms with Crippen LogP contribution >= 0.6 is 27.3 Å². The molecule has 0 spiro atoms. The van der Waals surface area contributed by atoms with Gasteiger partial charge >= 0.3 is 0 Å². The van der Waals surface area contributed by atoms with Gasteiger partial charge < -0.3 is 4.90 Å². The van der Waals surface area contributed by atoms with Crippen molar-refractivity contribution in [1.82, 2.24) is 19.7 Å². The maximum atomic E-state index is 12.5. The van der Waals surface area contributed by atoms with Crippen LogP contribution in [0.25, 0.3) is 0 Å². The molecule has 0 aromatic carbocycles. The van der Waals surface area contributed by atoms with E-state index in [0.29, 0.717) is 6.54 Å². The Morgan fingerprint density at radius 3 is 3.05 bits per heavy atom. The Hall–Kier alpha value is -1.21. The van der Waals surface area contributed by atoms with Crippen molar-refractivity contribution in [3.8, 4) is 0 Å². The van der Waals surface area contributed by atoms with Crippen molar-refractivity contribution in [1.29, 1.82) is 0 Å². The summed E-state index contributed by atoms with van der Waals surface area (Å²) in [7, 11) is 0. The molecule has 1 amide bonds. The predicted octanol–water partition coefficient (Wildman–Crippen LogP) is 2.58. The van der Waals surface area contributed by atoms with Crippen LogP contribution in [0.3, 0.4) is 0 Å². The van der Waals surface area contributed by atoms with Gasteiger partial charge in [0.05, 0.1) is 11.6 Å². The molecule has 5 nitrogen and oxygen atoms in total. The molecule has 1 fully saturated rings. The third kappa shape index (κ3) is 2.57. The van der Waals surface area contributed by atoms with Gasteiger partial charge in [-0.1, -0.05) is 0 Å². The molecule has 0 aliphatic carbocycles. The SMILES string of the molecule is O=C(c1cscc1Br)N1CCCC(n2cncn2)C1. The smallest absolute Gasteiger partial charge is 0.255 e. The number of halogens is 1. The normalized spacial score (nSPS) is 19.6. The lowest BCUT2D eigenvalue weighted by molar-refractivity contribution is 0.0672. The van der Waals surface area contributed by atoms with E-state index in [4.69, 9.17) is 0 Å². The highest BCUT2D eigenvalue weighted by molar-refractivity contribution is 9.10. The minimum atomic E-state index is 0.0953. The van der Waals surface area contributed by atoms with Gasteiger partial charge in [0, 0.05) is 28.3 Å². The van der Waals surface area contributed by atoms with E-state index in [1.54, 1.807) is 6.33 Å². The van der Waals surface area contributed by atoms with Crippen LogP contribution in [-0.2, 0) is 0 Å². The van der Waals surface area contributed by atoms with E-state index in [-0.39, 0.29) is 11.9 Å². The fraction of sp³-hybridized carbons (Fsp3) is 0.417. The van der Waals surface area contributed by atoms with Crippen molar-refractivity contribution in [2.24, 2.45) is 0 Å².